The Bertz CT molecular complexity index is 3370. The number of rotatable bonds is 2. The molecule has 11 aromatic carbocycles. The minimum absolute atomic E-state index is 0.414. The zero-order valence-corrected chi connectivity index (χ0v) is 30.0. The third-order valence-electron chi connectivity index (χ3n) is 13.0. The van der Waals surface area contributed by atoms with Gasteiger partial charge in [0.1, 0.15) is 0 Å². The van der Waals surface area contributed by atoms with Crippen LogP contribution in [-0.2, 0) is 5.41 Å². The van der Waals surface area contributed by atoms with Gasteiger partial charge < -0.3 is 0 Å². The van der Waals surface area contributed by atoms with Crippen molar-refractivity contribution in [3.63, 3.8) is 0 Å². The van der Waals surface area contributed by atoms with Gasteiger partial charge in [-0.2, -0.15) is 0 Å². The molecule has 0 radical (unpaired) electrons. The summed E-state index contributed by atoms with van der Waals surface area (Å²) in [7, 11) is 0. The molecule has 0 heteroatoms. The van der Waals surface area contributed by atoms with E-state index in [4.69, 9.17) is 0 Å². The highest BCUT2D eigenvalue weighted by Crippen LogP contribution is 2.65. The van der Waals surface area contributed by atoms with Gasteiger partial charge in [0.25, 0.3) is 0 Å². The van der Waals surface area contributed by atoms with Crippen molar-refractivity contribution in [3.8, 4) is 44.5 Å². The lowest BCUT2D eigenvalue weighted by atomic mass is 9.69. The molecule has 252 valence electrons. The second kappa shape index (κ2) is 10.6. The molecule has 2 aliphatic rings. The van der Waals surface area contributed by atoms with E-state index in [2.05, 4.69) is 194 Å². The Morgan fingerprint density at radius 1 is 0.273 bits per heavy atom. The van der Waals surface area contributed by atoms with Crippen molar-refractivity contribution in [1.82, 2.24) is 0 Å². The van der Waals surface area contributed by atoms with Crippen molar-refractivity contribution in [2.45, 2.75) is 5.41 Å². The van der Waals surface area contributed by atoms with Gasteiger partial charge in [-0.25, -0.2) is 0 Å². The van der Waals surface area contributed by atoms with Gasteiger partial charge in [0.15, 0.2) is 0 Å². The number of hydrogen-bond donors (Lipinski definition) is 0. The summed E-state index contributed by atoms with van der Waals surface area (Å²) in [6, 6.07) is 73.3. The number of fused-ring (bicyclic) bond motifs is 14. The minimum atomic E-state index is -0.414. The summed E-state index contributed by atoms with van der Waals surface area (Å²) < 4.78 is 0. The zero-order valence-electron chi connectivity index (χ0n) is 30.0. The van der Waals surface area contributed by atoms with Gasteiger partial charge >= 0.3 is 0 Å². The highest BCUT2D eigenvalue weighted by Gasteiger charge is 2.52. The number of hydrogen-bond acceptors (Lipinski definition) is 0. The van der Waals surface area contributed by atoms with Crippen molar-refractivity contribution >= 4 is 53.9 Å². The van der Waals surface area contributed by atoms with Gasteiger partial charge in [-0.3, -0.25) is 0 Å². The maximum absolute atomic E-state index is 2.44. The predicted molar refractivity (Wildman–Crippen MR) is 232 cm³/mol. The summed E-state index contributed by atoms with van der Waals surface area (Å²) in [6.45, 7) is 0. The fourth-order valence-electron chi connectivity index (χ4n) is 10.9. The van der Waals surface area contributed by atoms with Gasteiger partial charge in [0.2, 0.25) is 0 Å². The Balaban J connectivity index is 1.08. The Labute approximate surface area is 318 Å². The largest absolute Gasteiger partial charge is 0.0731 e. The molecule has 0 heterocycles. The Morgan fingerprint density at radius 3 is 1.64 bits per heavy atom. The fourth-order valence-corrected chi connectivity index (χ4v) is 10.9. The maximum atomic E-state index is 2.44. The molecule has 1 spiro atoms. The average Bonchev–Trinajstić information content (AvgIpc) is 3.73. The number of benzene rings is 11. The van der Waals surface area contributed by atoms with Crippen molar-refractivity contribution in [2.24, 2.45) is 0 Å². The quantitative estimate of drug-likeness (QED) is 0.158. The second-order valence-corrected chi connectivity index (χ2v) is 15.5. The fraction of sp³-hybridized carbons (Fsp3) is 0.0182. The van der Waals surface area contributed by atoms with Gasteiger partial charge in [0, 0.05) is 0 Å². The lowest BCUT2D eigenvalue weighted by Gasteiger charge is -2.31. The van der Waals surface area contributed by atoms with E-state index >= 15 is 0 Å². The van der Waals surface area contributed by atoms with Crippen LogP contribution in [0.4, 0.5) is 0 Å². The van der Waals surface area contributed by atoms with Crippen molar-refractivity contribution < 1.29 is 0 Å². The molecule has 0 aromatic heterocycles. The van der Waals surface area contributed by atoms with Crippen LogP contribution in [-0.4, -0.2) is 0 Å². The van der Waals surface area contributed by atoms with E-state index in [-0.39, 0.29) is 0 Å². The topological polar surface area (TPSA) is 0 Å². The van der Waals surface area contributed by atoms with Gasteiger partial charge in [-0.1, -0.05) is 188 Å². The zero-order chi connectivity index (χ0) is 35.8. The molecule has 0 saturated heterocycles. The predicted octanol–water partition coefficient (Wildman–Crippen LogP) is 14.6. The normalized spacial score (nSPS) is 13.6. The second-order valence-electron chi connectivity index (χ2n) is 15.5. The van der Waals surface area contributed by atoms with Crippen LogP contribution in [0, 0.1) is 0 Å². The molecule has 2 aliphatic carbocycles. The van der Waals surface area contributed by atoms with Crippen LogP contribution in [0.5, 0.6) is 0 Å². The molecule has 0 bridgehead atoms. The average molecular weight is 693 g/mol. The molecule has 0 atom stereocenters. The van der Waals surface area contributed by atoms with Crippen LogP contribution in [0.2, 0.25) is 0 Å². The minimum Gasteiger partial charge on any atom is -0.0619 e. The third-order valence-corrected chi connectivity index (χ3v) is 13.0. The maximum Gasteiger partial charge on any atom is 0.0731 e. The first-order valence-electron chi connectivity index (χ1n) is 19.3. The Hall–Kier alpha value is -7.02. The summed E-state index contributed by atoms with van der Waals surface area (Å²) in [5.74, 6) is 0. The van der Waals surface area contributed by atoms with Gasteiger partial charge in [-0.05, 0) is 127 Å². The molecule has 0 aliphatic heterocycles. The van der Waals surface area contributed by atoms with E-state index in [9.17, 15) is 0 Å². The lowest BCUT2D eigenvalue weighted by molar-refractivity contribution is 0.802. The van der Waals surface area contributed by atoms with Crippen LogP contribution < -0.4 is 0 Å². The van der Waals surface area contributed by atoms with Crippen LogP contribution in [0.15, 0.2) is 194 Å². The molecule has 55 heavy (non-hydrogen) atoms. The molecule has 0 N–H and O–H groups in total. The van der Waals surface area contributed by atoms with Crippen LogP contribution in [0.25, 0.3) is 98.4 Å². The van der Waals surface area contributed by atoms with E-state index in [1.54, 1.807) is 0 Å². The molecular formula is C55H32. The van der Waals surface area contributed by atoms with Crippen molar-refractivity contribution in [3.05, 3.63) is 216 Å². The van der Waals surface area contributed by atoms with Crippen molar-refractivity contribution in [2.75, 3.05) is 0 Å². The first kappa shape index (κ1) is 29.4. The lowest BCUT2D eigenvalue weighted by Crippen LogP contribution is -2.26. The van der Waals surface area contributed by atoms with Crippen molar-refractivity contribution in [1.29, 1.82) is 0 Å². The summed E-state index contributed by atoms with van der Waals surface area (Å²) in [6.07, 6.45) is 0. The van der Waals surface area contributed by atoms with Crippen LogP contribution >= 0.6 is 0 Å². The Kier molecular flexibility index (Phi) is 5.65. The molecule has 0 amide bonds. The summed E-state index contributed by atoms with van der Waals surface area (Å²) in [5.41, 5.74) is 15.5. The van der Waals surface area contributed by atoms with E-state index < -0.39 is 5.41 Å². The first-order valence-corrected chi connectivity index (χ1v) is 19.3. The highest BCUT2D eigenvalue weighted by molar-refractivity contribution is 6.26. The summed E-state index contributed by atoms with van der Waals surface area (Å²) >= 11 is 0. The SMILES string of the molecule is c1ccc(-c2ccc3ccc4cccc5ccc2c3c45)c(-c2ccc3c4c(ccc3c2)-c2c(ccc3ccccc23)C42c3ccccc3-c3ccccc32)c1. The summed E-state index contributed by atoms with van der Waals surface area (Å²) in [5, 5.41) is 13.1. The molecule has 11 aromatic rings. The van der Waals surface area contributed by atoms with Crippen LogP contribution in [0.1, 0.15) is 22.3 Å². The van der Waals surface area contributed by atoms with E-state index in [1.807, 2.05) is 0 Å². The highest BCUT2D eigenvalue weighted by atomic mass is 14.5. The monoisotopic (exact) mass is 692 g/mol. The molecular weight excluding hydrogens is 661 g/mol. The van der Waals surface area contributed by atoms with Gasteiger partial charge in [0.05, 0.1) is 5.41 Å². The Morgan fingerprint density at radius 2 is 0.836 bits per heavy atom. The first-order chi connectivity index (χ1) is 27.3. The van der Waals surface area contributed by atoms with E-state index in [0.29, 0.717) is 0 Å². The molecule has 0 saturated carbocycles. The standard InChI is InChI=1S/C55H32/c1-2-14-40-33(10-1)26-31-50-53(40)47-30-25-38-32-37(24-27-41(38)54(47)55(50)48-18-7-5-16-44(48)45-17-6-8-19-49(45)55)39-13-3-4-15-42(39)43-28-22-36-21-20-34-11-9-12-35-23-29-46(43)52(36)51(34)35/h1-32H. The van der Waals surface area contributed by atoms with Crippen LogP contribution in [0.3, 0.4) is 0 Å². The summed E-state index contributed by atoms with van der Waals surface area (Å²) in [4.78, 5) is 0. The smallest absolute Gasteiger partial charge is 0.0619 e. The molecule has 0 nitrogen and oxygen atoms in total. The van der Waals surface area contributed by atoms with E-state index in [1.165, 1.54) is 121 Å². The molecule has 13 rings (SSSR count). The molecule has 0 unspecified atom stereocenters. The third kappa shape index (κ3) is 3.67. The van der Waals surface area contributed by atoms with Gasteiger partial charge in [-0.15, -0.1) is 0 Å². The molecule has 0 fully saturated rings. The van der Waals surface area contributed by atoms with E-state index in [0.717, 1.165) is 0 Å².